The molecule has 2 atom stereocenters. The Morgan fingerprint density at radius 2 is 2.00 bits per heavy atom. The van der Waals surface area contributed by atoms with Gasteiger partial charge in [0, 0.05) is 17.9 Å². The van der Waals surface area contributed by atoms with Crippen LogP contribution < -0.4 is 5.73 Å². The second kappa shape index (κ2) is 7.71. The average Bonchev–Trinajstić information content (AvgIpc) is 2.35. The van der Waals surface area contributed by atoms with Crippen LogP contribution in [0.25, 0.3) is 0 Å². The fourth-order valence-corrected chi connectivity index (χ4v) is 2.86. The maximum absolute atomic E-state index is 8.76. The number of rotatable bonds is 7. The number of thioether (sulfide) groups is 1. The topological polar surface area (TPSA) is 46.2 Å². The Morgan fingerprint density at radius 3 is 2.56 bits per heavy atom. The van der Waals surface area contributed by atoms with Gasteiger partial charge in [0.05, 0.1) is 0 Å². The SMILES string of the molecule is CCC(SCCCO)C(N)c1ccccc1. The van der Waals surface area contributed by atoms with Gasteiger partial charge in [0.1, 0.15) is 0 Å². The normalized spacial score (nSPS) is 14.7. The molecule has 0 saturated carbocycles. The second-order valence-corrected chi connectivity index (χ2v) is 5.18. The molecule has 2 nitrogen and oxygen atoms in total. The fraction of sp³-hybridized carbons (Fsp3) is 0.538. The van der Waals surface area contributed by atoms with Crippen LogP contribution in [-0.4, -0.2) is 22.7 Å². The largest absolute Gasteiger partial charge is 0.396 e. The van der Waals surface area contributed by atoms with Gasteiger partial charge < -0.3 is 10.8 Å². The molecule has 90 valence electrons. The molecule has 0 radical (unpaired) electrons. The van der Waals surface area contributed by atoms with Crippen LogP contribution in [0.1, 0.15) is 31.4 Å². The molecule has 1 aromatic rings. The maximum atomic E-state index is 8.76. The van der Waals surface area contributed by atoms with Gasteiger partial charge in [-0.05, 0) is 24.2 Å². The summed E-state index contributed by atoms with van der Waals surface area (Å²) in [5, 5.41) is 9.20. The van der Waals surface area contributed by atoms with Crippen LogP contribution in [0.4, 0.5) is 0 Å². The lowest BCUT2D eigenvalue weighted by atomic mass is 10.0. The minimum Gasteiger partial charge on any atom is -0.396 e. The van der Waals surface area contributed by atoms with Crippen molar-refractivity contribution in [3.05, 3.63) is 35.9 Å². The first-order valence-electron chi connectivity index (χ1n) is 5.82. The van der Waals surface area contributed by atoms with Gasteiger partial charge in [0.25, 0.3) is 0 Å². The predicted molar refractivity (Wildman–Crippen MR) is 71.6 cm³/mol. The smallest absolute Gasteiger partial charge is 0.0438 e. The average molecular weight is 239 g/mol. The van der Waals surface area contributed by atoms with E-state index in [4.69, 9.17) is 10.8 Å². The summed E-state index contributed by atoms with van der Waals surface area (Å²) in [6.45, 7) is 2.43. The van der Waals surface area contributed by atoms with Gasteiger partial charge in [0.15, 0.2) is 0 Å². The number of aliphatic hydroxyl groups is 1. The molecule has 0 spiro atoms. The fourth-order valence-electron chi connectivity index (χ4n) is 1.66. The van der Waals surface area contributed by atoms with Crippen molar-refractivity contribution < 1.29 is 5.11 Å². The molecule has 0 amide bonds. The minimum absolute atomic E-state index is 0.0925. The van der Waals surface area contributed by atoms with Crippen molar-refractivity contribution in [3.63, 3.8) is 0 Å². The first-order chi connectivity index (χ1) is 7.79. The Hall–Kier alpha value is -0.510. The van der Waals surface area contributed by atoms with Crippen LogP contribution >= 0.6 is 11.8 Å². The van der Waals surface area contributed by atoms with Crippen LogP contribution in [0.3, 0.4) is 0 Å². The van der Waals surface area contributed by atoms with Crippen molar-refractivity contribution in [2.45, 2.75) is 31.1 Å². The Kier molecular flexibility index (Phi) is 6.53. The molecule has 0 heterocycles. The van der Waals surface area contributed by atoms with E-state index in [0.717, 1.165) is 18.6 Å². The van der Waals surface area contributed by atoms with Crippen molar-refractivity contribution in [2.24, 2.45) is 5.73 Å². The maximum Gasteiger partial charge on any atom is 0.0438 e. The highest BCUT2D eigenvalue weighted by molar-refractivity contribution is 7.99. The molecule has 3 heteroatoms. The molecule has 0 saturated heterocycles. The quantitative estimate of drug-likeness (QED) is 0.719. The van der Waals surface area contributed by atoms with Crippen molar-refractivity contribution in [2.75, 3.05) is 12.4 Å². The first kappa shape index (κ1) is 13.6. The van der Waals surface area contributed by atoms with E-state index in [0.29, 0.717) is 5.25 Å². The molecule has 2 unspecified atom stereocenters. The van der Waals surface area contributed by atoms with E-state index in [2.05, 4.69) is 19.1 Å². The van der Waals surface area contributed by atoms with Crippen LogP contribution in [0.15, 0.2) is 30.3 Å². The summed E-state index contributed by atoms with van der Waals surface area (Å²) in [5.41, 5.74) is 7.45. The number of hydrogen-bond acceptors (Lipinski definition) is 3. The predicted octanol–water partition coefficient (Wildman–Crippen LogP) is 2.58. The standard InChI is InChI=1S/C13H21NOS/c1-2-12(16-10-6-9-15)13(14)11-7-4-3-5-8-11/h3-5,7-8,12-13,15H,2,6,9-10,14H2,1H3. The third kappa shape index (κ3) is 4.16. The number of aliphatic hydroxyl groups excluding tert-OH is 1. The van der Waals surface area contributed by atoms with Gasteiger partial charge >= 0.3 is 0 Å². The van der Waals surface area contributed by atoms with Gasteiger partial charge in [-0.15, -0.1) is 0 Å². The molecule has 0 bridgehead atoms. The number of nitrogens with two attached hydrogens (primary N) is 1. The van der Waals surface area contributed by atoms with Crippen molar-refractivity contribution in [1.29, 1.82) is 0 Å². The Bertz CT molecular complexity index is 279. The molecule has 0 aliphatic heterocycles. The third-order valence-electron chi connectivity index (χ3n) is 2.62. The summed E-state index contributed by atoms with van der Waals surface area (Å²) in [6, 6.07) is 10.3. The monoisotopic (exact) mass is 239 g/mol. The summed E-state index contributed by atoms with van der Waals surface area (Å²) >= 11 is 1.86. The van der Waals surface area contributed by atoms with E-state index in [9.17, 15) is 0 Å². The molecule has 16 heavy (non-hydrogen) atoms. The van der Waals surface area contributed by atoms with E-state index in [1.165, 1.54) is 5.56 Å². The van der Waals surface area contributed by atoms with Gasteiger partial charge in [-0.25, -0.2) is 0 Å². The summed E-state index contributed by atoms with van der Waals surface area (Å²) in [4.78, 5) is 0. The van der Waals surface area contributed by atoms with Gasteiger partial charge in [-0.3, -0.25) is 0 Å². The zero-order chi connectivity index (χ0) is 11.8. The number of benzene rings is 1. The molecule has 0 fully saturated rings. The third-order valence-corrected chi connectivity index (χ3v) is 4.20. The van der Waals surface area contributed by atoms with Crippen LogP contribution in [0, 0.1) is 0 Å². The molecule has 0 aromatic heterocycles. The molecule has 1 aromatic carbocycles. The molecule has 1 rings (SSSR count). The van der Waals surface area contributed by atoms with Gasteiger partial charge in [-0.1, -0.05) is 37.3 Å². The summed E-state index contributed by atoms with van der Waals surface area (Å²) in [6.07, 6.45) is 1.91. The van der Waals surface area contributed by atoms with Crippen molar-refractivity contribution >= 4 is 11.8 Å². The van der Waals surface area contributed by atoms with Crippen molar-refractivity contribution in [1.82, 2.24) is 0 Å². The zero-order valence-corrected chi connectivity index (χ0v) is 10.6. The number of hydrogen-bond donors (Lipinski definition) is 2. The van der Waals surface area contributed by atoms with E-state index >= 15 is 0 Å². The minimum atomic E-state index is 0.0925. The van der Waals surface area contributed by atoms with E-state index in [1.54, 1.807) is 0 Å². The van der Waals surface area contributed by atoms with E-state index < -0.39 is 0 Å². The van der Waals surface area contributed by atoms with Gasteiger partial charge in [-0.2, -0.15) is 11.8 Å². The van der Waals surface area contributed by atoms with Crippen molar-refractivity contribution in [3.8, 4) is 0 Å². The highest BCUT2D eigenvalue weighted by atomic mass is 32.2. The second-order valence-electron chi connectivity index (χ2n) is 3.83. The van der Waals surface area contributed by atoms with Crippen LogP contribution in [0.2, 0.25) is 0 Å². The lowest BCUT2D eigenvalue weighted by molar-refractivity contribution is 0.296. The summed E-state index contributed by atoms with van der Waals surface area (Å²) < 4.78 is 0. The summed E-state index contributed by atoms with van der Waals surface area (Å²) in [5.74, 6) is 0.982. The zero-order valence-electron chi connectivity index (χ0n) is 9.80. The molecule has 0 aliphatic rings. The van der Waals surface area contributed by atoms with E-state index in [1.807, 2.05) is 30.0 Å². The molecule has 3 N–H and O–H groups in total. The van der Waals surface area contributed by atoms with E-state index in [-0.39, 0.29) is 12.6 Å². The Labute approximate surface area is 102 Å². The van der Waals surface area contributed by atoms with Crippen LogP contribution in [0.5, 0.6) is 0 Å². The molecular weight excluding hydrogens is 218 g/mol. The lowest BCUT2D eigenvalue weighted by Gasteiger charge is -2.22. The lowest BCUT2D eigenvalue weighted by Crippen LogP contribution is -2.23. The Morgan fingerprint density at radius 1 is 1.31 bits per heavy atom. The highest BCUT2D eigenvalue weighted by Gasteiger charge is 2.17. The van der Waals surface area contributed by atoms with Gasteiger partial charge in [0.2, 0.25) is 0 Å². The molecule has 0 aliphatic carbocycles. The molecular formula is C13H21NOS. The first-order valence-corrected chi connectivity index (χ1v) is 6.87. The highest BCUT2D eigenvalue weighted by Crippen LogP contribution is 2.27. The van der Waals surface area contributed by atoms with Crippen LogP contribution in [-0.2, 0) is 0 Å². The summed E-state index contributed by atoms with van der Waals surface area (Å²) in [7, 11) is 0. The Balaban J connectivity index is 2.52.